The van der Waals surface area contributed by atoms with E-state index in [1.165, 1.54) is 96.3 Å². The lowest BCUT2D eigenvalue weighted by molar-refractivity contribution is 0.286. The molecule has 2 unspecified atom stereocenters. The Kier molecular flexibility index (Phi) is 12.0. The lowest BCUT2D eigenvalue weighted by Crippen LogP contribution is -2.10. The summed E-state index contributed by atoms with van der Waals surface area (Å²) in [5.74, 6) is 3.13. The van der Waals surface area contributed by atoms with Crippen molar-refractivity contribution in [2.45, 2.75) is 142 Å². The van der Waals surface area contributed by atoms with Crippen LogP contribution in [0.25, 0.3) is 0 Å². The van der Waals surface area contributed by atoms with Gasteiger partial charge in [0.15, 0.2) is 0 Å². The van der Waals surface area contributed by atoms with E-state index in [1.807, 2.05) is 0 Å². The van der Waals surface area contributed by atoms with Crippen LogP contribution in [0.2, 0.25) is 0 Å². The van der Waals surface area contributed by atoms with Crippen molar-refractivity contribution in [3.8, 4) is 0 Å². The van der Waals surface area contributed by atoms with Crippen molar-refractivity contribution < 1.29 is 0 Å². The van der Waals surface area contributed by atoms with Gasteiger partial charge in [0.2, 0.25) is 0 Å². The van der Waals surface area contributed by atoms with Gasteiger partial charge in [-0.25, -0.2) is 0 Å². The van der Waals surface area contributed by atoms with Gasteiger partial charge in [-0.3, -0.25) is 0 Å². The highest BCUT2D eigenvalue weighted by molar-refractivity contribution is 4.69. The molecule has 2 rings (SSSR count). The van der Waals surface area contributed by atoms with Gasteiger partial charge in [-0.1, -0.05) is 142 Å². The molecule has 0 nitrogen and oxygen atoms in total. The highest BCUT2D eigenvalue weighted by atomic mass is 14.2. The largest absolute Gasteiger partial charge is 0.0625 e. The third-order valence-electron chi connectivity index (χ3n) is 7.33. The Morgan fingerprint density at radius 3 is 1.16 bits per heavy atom. The molecule has 0 aliphatic heterocycles. The first-order valence-electron chi connectivity index (χ1n) is 12.3. The molecule has 25 heavy (non-hydrogen) atoms. The molecule has 0 spiro atoms. The van der Waals surface area contributed by atoms with Gasteiger partial charge in [-0.05, 0) is 17.8 Å². The third kappa shape index (κ3) is 10.7. The van der Waals surface area contributed by atoms with Gasteiger partial charge in [0.25, 0.3) is 0 Å². The molecule has 0 amide bonds. The second kappa shape index (κ2) is 14.1. The minimum Gasteiger partial charge on any atom is -0.0625 e. The third-order valence-corrected chi connectivity index (χ3v) is 7.33. The van der Waals surface area contributed by atoms with E-state index in [0.717, 1.165) is 17.8 Å². The van der Waals surface area contributed by atoms with Crippen molar-refractivity contribution in [2.24, 2.45) is 17.8 Å². The number of rotatable bonds is 3. The van der Waals surface area contributed by atoms with E-state index in [4.69, 9.17) is 0 Å². The molecule has 0 saturated heterocycles. The number of hydrogen-bond acceptors (Lipinski definition) is 0. The maximum absolute atomic E-state index is 2.50. The molecule has 148 valence electrons. The molecule has 0 aromatic heterocycles. The summed E-state index contributed by atoms with van der Waals surface area (Å²) >= 11 is 0. The Labute approximate surface area is 159 Å². The average Bonchev–Trinajstić information content (AvgIpc) is 2.63. The van der Waals surface area contributed by atoms with E-state index < -0.39 is 0 Å². The molecular weight excluding hydrogens is 300 g/mol. The van der Waals surface area contributed by atoms with Gasteiger partial charge < -0.3 is 0 Å². The minimum absolute atomic E-state index is 0.980. The number of hydrogen-bond donors (Lipinski definition) is 0. The van der Waals surface area contributed by atoms with Gasteiger partial charge >= 0.3 is 0 Å². The highest BCUT2D eigenvalue weighted by Crippen LogP contribution is 2.31. The van der Waals surface area contributed by atoms with Crippen LogP contribution in [-0.2, 0) is 0 Å². The van der Waals surface area contributed by atoms with Crippen LogP contribution in [0.3, 0.4) is 0 Å². The summed E-state index contributed by atoms with van der Waals surface area (Å²) in [7, 11) is 0. The van der Waals surface area contributed by atoms with Crippen LogP contribution in [-0.4, -0.2) is 0 Å². The van der Waals surface area contributed by atoms with Crippen LogP contribution in [0.15, 0.2) is 0 Å². The highest BCUT2D eigenvalue weighted by Gasteiger charge is 2.16. The lowest BCUT2D eigenvalue weighted by atomic mass is 9.82. The summed E-state index contributed by atoms with van der Waals surface area (Å²) in [6, 6.07) is 0. The van der Waals surface area contributed by atoms with E-state index in [2.05, 4.69) is 6.92 Å². The van der Waals surface area contributed by atoms with E-state index >= 15 is 0 Å². The quantitative estimate of drug-likeness (QED) is 0.477. The van der Waals surface area contributed by atoms with Crippen LogP contribution in [0.5, 0.6) is 0 Å². The zero-order valence-corrected chi connectivity index (χ0v) is 17.6. The average molecular weight is 349 g/mol. The second-order valence-corrected chi connectivity index (χ2v) is 9.74. The summed E-state index contributed by atoms with van der Waals surface area (Å²) in [5, 5.41) is 0. The Hall–Kier alpha value is 0. The summed E-state index contributed by atoms with van der Waals surface area (Å²) in [6.45, 7) is 2.50. The fourth-order valence-electron chi connectivity index (χ4n) is 5.44. The SMILES string of the molecule is CC1CCCCCCCCCCC(CCC2CCCCC2)CCCC1. The standard InChI is InChI=1S/C25H48/c1-23-15-9-6-4-2-3-5-7-10-17-25(20-14-13-16-23)22-21-24-18-11-8-12-19-24/h23-25H,2-22H2,1H3. The van der Waals surface area contributed by atoms with Gasteiger partial charge in [0.05, 0.1) is 0 Å². The van der Waals surface area contributed by atoms with Crippen molar-refractivity contribution in [2.75, 3.05) is 0 Å². The predicted octanol–water partition coefficient (Wildman–Crippen LogP) is 9.07. The van der Waals surface area contributed by atoms with Crippen LogP contribution in [0.4, 0.5) is 0 Å². The van der Waals surface area contributed by atoms with Gasteiger partial charge in [-0.2, -0.15) is 0 Å². The summed E-state index contributed by atoms with van der Waals surface area (Å²) in [4.78, 5) is 0. The summed E-state index contributed by atoms with van der Waals surface area (Å²) < 4.78 is 0. The Balaban J connectivity index is 1.69. The molecule has 2 atom stereocenters. The molecule has 2 saturated carbocycles. The zero-order chi connectivity index (χ0) is 17.6. The fourth-order valence-corrected chi connectivity index (χ4v) is 5.44. The van der Waals surface area contributed by atoms with E-state index in [0.29, 0.717) is 0 Å². The molecule has 2 aliphatic rings. The van der Waals surface area contributed by atoms with E-state index in [-0.39, 0.29) is 0 Å². The topological polar surface area (TPSA) is 0 Å². The molecule has 0 bridgehead atoms. The normalized spacial score (nSPS) is 30.1. The fraction of sp³-hybridized carbons (Fsp3) is 1.00. The monoisotopic (exact) mass is 348 g/mol. The van der Waals surface area contributed by atoms with E-state index in [1.54, 1.807) is 38.5 Å². The smallest absolute Gasteiger partial charge is 0.0414 e. The van der Waals surface area contributed by atoms with Crippen molar-refractivity contribution >= 4 is 0 Å². The molecule has 0 radical (unpaired) electrons. The summed E-state index contributed by atoms with van der Waals surface area (Å²) in [6.07, 6.45) is 31.9. The Morgan fingerprint density at radius 2 is 0.680 bits per heavy atom. The van der Waals surface area contributed by atoms with Crippen molar-refractivity contribution in [3.63, 3.8) is 0 Å². The van der Waals surface area contributed by atoms with Crippen molar-refractivity contribution in [1.29, 1.82) is 0 Å². The molecule has 0 aromatic carbocycles. The summed E-state index contributed by atoms with van der Waals surface area (Å²) in [5.41, 5.74) is 0. The van der Waals surface area contributed by atoms with Crippen molar-refractivity contribution in [1.82, 2.24) is 0 Å². The zero-order valence-electron chi connectivity index (χ0n) is 17.6. The Morgan fingerprint density at radius 1 is 0.400 bits per heavy atom. The second-order valence-electron chi connectivity index (χ2n) is 9.74. The maximum atomic E-state index is 2.50. The van der Waals surface area contributed by atoms with Crippen LogP contribution < -0.4 is 0 Å². The van der Waals surface area contributed by atoms with Gasteiger partial charge in [0, 0.05) is 0 Å². The first-order valence-corrected chi connectivity index (χ1v) is 12.3. The molecule has 0 N–H and O–H groups in total. The molecular formula is C25H48. The molecule has 0 aromatic rings. The molecule has 2 aliphatic carbocycles. The lowest BCUT2D eigenvalue weighted by Gasteiger charge is -2.24. The molecule has 0 heteroatoms. The minimum atomic E-state index is 0.980. The molecule has 0 heterocycles. The van der Waals surface area contributed by atoms with Crippen LogP contribution in [0.1, 0.15) is 142 Å². The van der Waals surface area contributed by atoms with Crippen LogP contribution in [0, 0.1) is 17.8 Å². The first-order chi connectivity index (χ1) is 12.3. The van der Waals surface area contributed by atoms with E-state index in [9.17, 15) is 0 Å². The van der Waals surface area contributed by atoms with Crippen LogP contribution >= 0.6 is 0 Å². The maximum Gasteiger partial charge on any atom is -0.0414 e. The predicted molar refractivity (Wildman–Crippen MR) is 113 cm³/mol. The Bertz CT molecular complexity index is 288. The van der Waals surface area contributed by atoms with Gasteiger partial charge in [-0.15, -0.1) is 0 Å². The van der Waals surface area contributed by atoms with Crippen molar-refractivity contribution in [3.05, 3.63) is 0 Å². The first kappa shape index (κ1) is 21.3. The molecule has 2 fully saturated rings. The van der Waals surface area contributed by atoms with Gasteiger partial charge in [0.1, 0.15) is 0 Å².